The monoisotopic (exact) mass is 637 g/mol. The Kier molecular flexibility index (Phi) is 10.9. The van der Waals surface area contributed by atoms with Crippen LogP contribution >= 0.6 is 11.6 Å². The minimum absolute atomic E-state index is 0.0403. The summed E-state index contributed by atoms with van der Waals surface area (Å²) in [7, 11) is 2.07. The molecule has 0 saturated carbocycles. The number of piperidine rings is 1. The van der Waals surface area contributed by atoms with Crippen LogP contribution in [0.15, 0.2) is 83.3 Å². The molecule has 1 fully saturated rings. The Labute approximate surface area is 275 Å². The van der Waals surface area contributed by atoms with Gasteiger partial charge in [0.05, 0.1) is 28.8 Å². The van der Waals surface area contributed by atoms with Crippen LogP contribution in [-0.4, -0.2) is 48.9 Å². The number of aryl methyl sites for hydroxylation is 1. The molecule has 0 spiro atoms. The maximum atomic E-state index is 13.7. The quantitative estimate of drug-likeness (QED) is 0.181. The number of rotatable bonds is 11. The molecular formula is C37H40ClN5O3. The third-order valence-electron chi connectivity index (χ3n) is 8.53. The molecule has 4 aromatic rings. The maximum Gasteiger partial charge on any atom is 0.253 e. The second kappa shape index (κ2) is 15.2. The summed E-state index contributed by atoms with van der Waals surface area (Å²) in [6.45, 7) is 6.52. The van der Waals surface area contributed by atoms with Crippen LogP contribution in [0.4, 0.5) is 0 Å². The summed E-state index contributed by atoms with van der Waals surface area (Å²) in [6.07, 6.45) is 1.96. The van der Waals surface area contributed by atoms with Gasteiger partial charge in [0, 0.05) is 24.1 Å². The second-order valence-corrected chi connectivity index (χ2v) is 12.5. The first kappa shape index (κ1) is 33.0. The summed E-state index contributed by atoms with van der Waals surface area (Å²) in [4.78, 5) is 29.4. The van der Waals surface area contributed by atoms with E-state index in [0.717, 1.165) is 37.3 Å². The van der Waals surface area contributed by atoms with Crippen molar-refractivity contribution in [1.29, 1.82) is 5.26 Å². The average Bonchev–Trinajstić information content (AvgIpc) is 3.54. The molecule has 5 rings (SSSR count). The van der Waals surface area contributed by atoms with Crippen molar-refractivity contribution < 1.29 is 14.0 Å². The van der Waals surface area contributed by atoms with Crippen LogP contribution in [0.25, 0.3) is 11.3 Å². The molecule has 3 aromatic carbocycles. The fraction of sp³-hybridized carbons (Fsp3) is 0.324. The van der Waals surface area contributed by atoms with Gasteiger partial charge in [0.15, 0.2) is 0 Å². The van der Waals surface area contributed by atoms with Gasteiger partial charge < -0.3 is 25.3 Å². The molecule has 3 N–H and O–H groups in total. The van der Waals surface area contributed by atoms with Gasteiger partial charge in [0.1, 0.15) is 17.6 Å². The van der Waals surface area contributed by atoms with E-state index in [4.69, 9.17) is 16.0 Å². The number of nitriles is 1. The molecule has 2 heterocycles. The van der Waals surface area contributed by atoms with E-state index in [9.17, 15) is 14.9 Å². The number of carbonyl (C=O) groups excluding carboxylic acids is 2. The van der Waals surface area contributed by atoms with Crippen molar-refractivity contribution in [3.05, 3.63) is 117 Å². The molecule has 1 aliphatic heterocycles. The third-order valence-corrected chi connectivity index (χ3v) is 8.86. The highest BCUT2D eigenvalue weighted by atomic mass is 35.5. The smallest absolute Gasteiger partial charge is 0.253 e. The summed E-state index contributed by atoms with van der Waals surface area (Å²) in [5.41, 5.74) is 4.73. The van der Waals surface area contributed by atoms with Gasteiger partial charge in [-0.3, -0.25) is 9.59 Å². The SMILES string of the molecule is Cc1ccc([C@@H](C)NCc2ccc(-c3ccc(Cl)c(C(=O)N[C@H](Cc4ccc(C#N)cc4)C(=O)NC4CCN(C)CC4)c3)o2)cc1. The van der Waals surface area contributed by atoms with Crippen molar-refractivity contribution >= 4 is 23.4 Å². The number of halogens is 1. The molecule has 2 atom stereocenters. The fourth-order valence-electron chi connectivity index (χ4n) is 5.56. The van der Waals surface area contributed by atoms with Crippen molar-refractivity contribution in [3.8, 4) is 17.4 Å². The molecule has 0 unspecified atom stereocenters. The van der Waals surface area contributed by atoms with E-state index in [2.05, 4.69) is 72.1 Å². The number of hydrogen-bond acceptors (Lipinski definition) is 6. The van der Waals surface area contributed by atoms with E-state index >= 15 is 0 Å². The van der Waals surface area contributed by atoms with Crippen molar-refractivity contribution in [3.63, 3.8) is 0 Å². The highest BCUT2D eigenvalue weighted by molar-refractivity contribution is 6.34. The zero-order chi connectivity index (χ0) is 32.6. The number of furan rings is 1. The van der Waals surface area contributed by atoms with Crippen LogP contribution in [-0.2, 0) is 17.8 Å². The van der Waals surface area contributed by atoms with E-state index in [-0.39, 0.29) is 35.0 Å². The minimum atomic E-state index is -0.836. The molecule has 8 nitrogen and oxygen atoms in total. The number of likely N-dealkylation sites (tertiary alicyclic amines) is 1. The summed E-state index contributed by atoms with van der Waals surface area (Å²) in [5.74, 6) is 0.676. The second-order valence-electron chi connectivity index (χ2n) is 12.1. The van der Waals surface area contributed by atoms with Gasteiger partial charge in [-0.25, -0.2) is 0 Å². The Morgan fingerprint density at radius 3 is 2.43 bits per heavy atom. The normalized spacial score (nSPS) is 15.1. The van der Waals surface area contributed by atoms with E-state index in [0.29, 0.717) is 23.4 Å². The summed E-state index contributed by atoms with van der Waals surface area (Å²) in [5, 5.41) is 19.0. The van der Waals surface area contributed by atoms with Crippen molar-refractivity contribution in [2.24, 2.45) is 0 Å². The minimum Gasteiger partial charge on any atom is -0.460 e. The average molecular weight is 638 g/mol. The van der Waals surface area contributed by atoms with Crippen LogP contribution in [0.3, 0.4) is 0 Å². The molecule has 9 heteroatoms. The topological polar surface area (TPSA) is 110 Å². The third kappa shape index (κ3) is 8.64. The Hall–Kier alpha value is -4.42. The molecular weight excluding hydrogens is 598 g/mol. The van der Waals surface area contributed by atoms with Gasteiger partial charge in [-0.1, -0.05) is 53.6 Å². The lowest BCUT2D eigenvalue weighted by Gasteiger charge is -2.30. The van der Waals surface area contributed by atoms with Gasteiger partial charge in [-0.05, 0) is 100 Å². The van der Waals surface area contributed by atoms with Gasteiger partial charge >= 0.3 is 0 Å². The van der Waals surface area contributed by atoms with Crippen molar-refractivity contribution in [2.75, 3.05) is 20.1 Å². The predicted molar refractivity (Wildman–Crippen MR) is 180 cm³/mol. The van der Waals surface area contributed by atoms with Crippen LogP contribution in [0.2, 0.25) is 5.02 Å². The highest BCUT2D eigenvalue weighted by Gasteiger charge is 2.27. The van der Waals surface area contributed by atoms with E-state index in [1.807, 2.05) is 18.2 Å². The van der Waals surface area contributed by atoms with E-state index in [1.165, 1.54) is 11.1 Å². The van der Waals surface area contributed by atoms with Crippen LogP contribution in [0, 0.1) is 18.3 Å². The first-order valence-electron chi connectivity index (χ1n) is 15.7. The highest BCUT2D eigenvalue weighted by Crippen LogP contribution is 2.28. The fourth-order valence-corrected chi connectivity index (χ4v) is 5.76. The lowest BCUT2D eigenvalue weighted by molar-refractivity contribution is -0.124. The molecule has 0 aliphatic carbocycles. The Bertz CT molecular complexity index is 1690. The zero-order valence-electron chi connectivity index (χ0n) is 26.5. The molecule has 238 valence electrons. The van der Waals surface area contributed by atoms with Crippen LogP contribution < -0.4 is 16.0 Å². The lowest BCUT2D eigenvalue weighted by Crippen LogP contribution is -2.52. The van der Waals surface area contributed by atoms with Gasteiger partial charge in [-0.2, -0.15) is 5.26 Å². The number of hydrogen-bond donors (Lipinski definition) is 3. The summed E-state index contributed by atoms with van der Waals surface area (Å²) >= 11 is 6.52. The molecule has 46 heavy (non-hydrogen) atoms. The largest absolute Gasteiger partial charge is 0.460 e. The number of nitrogens with one attached hydrogen (secondary N) is 3. The predicted octanol–water partition coefficient (Wildman–Crippen LogP) is 6.18. The van der Waals surface area contributed by atoms with E-state index in [1.54, 1.807) is 36.4 Å². The molecule has 0 bridgehead atoms. The van der Waals surface area contributed by atoms with Gasteiger partial charge in [0.2, 0.25) is 5.91 Å². The number of benzene rings is 3. The first-order valence-corrected chi connectivity index (χ1v) is 16.0. The molecule has 0 radical (unpaired) electrons. The standard InChI is InChI=1S/C37H40ClN5O3/c1-24-4-10-28(11-5-24)25(2)40-23-31-13-15-35(46-31)29-12-14-33(38)32(21-29)36(44)42-34(20-26-6-8-27(22-39)9-7-26)37(45)41-30-16-18-43(3)19-17-30/h4-15,21,25,30,34,40H,16-20,23H2,1-3H3,(H,41,45)(H,42,44)/t25-,34-/m1/s1. The van der Waals surface area contributed by atoms with Crippen molar-refractivity contribution in [2.45, 2.75) is 57.8 Å². The maximum absolute atomic E-state index is 13.7. The zero-order valence-corrected chi connectivity index (χ0v) is 27.2. The molecule has 1 aliphatic rings. The van der Waals surface area contributed by atoms with Crippen molar-refractivity contribution in [1.82, 2.24) is 20.9 Å². The van der Waals surface area contributed by atoms with Crippen LogP contribution in [0.1, 0.15) is 64.2 Å². The Morgan fingerprint density at radius 2 is 1.74 bits per heavy atom. The molecule has 1 aromatic heterocycles. The Morgan fingerprint density at radius 1 is 1.02 bits per heavy atom. The van der Waals surface area contributed by atoms with Gasteiger partial charge in [0.25, 0.3) is 5.91 Å². The van der Waals surface area contributed by atoms with E-state index < -0.39 is 11.9 Å². The van der Waals surface area contributed by atoms with Crippen LogP contribution in [0.5, 0.6) is 0 Å². The number of carbonyl (C=O) groups is 2. The Balaban J connectivity index is 1.28. The molecule has 2 amide bonds. The lowest BCUT2D eigenvalue weighted by atomic mass is 10.0. The summed E-state index contributed by atoms with van der Waals surface area (Å²) < 4.78 is 6.13. The number of nitrogens with zero attached hydrogens (tertiary/aromatic N) is 2. The summed E-state index contributed by atoms with van der Waals surface area (Å²) in [6, 6.07) is 25.9. The number of amides is 2. The van der Waals surface area contributed by atoms with Gasteiger partial charge in [-0.15, -0.1) is 0 Å². The first-order chi connectivity index (χ1) is 22.2. The molecule has 1 saturated heterocycles.